The van der Waals surface area contributed by atoms with E-state index in [-0.39, 0.29) is 0 Å². The maximum absolute atomic E-state index is 10.0. The first kappa shape index (κ1) is 32.4. The Hall–Kier alpha value is -7.20. The molecule has 0 amide bonds. The minimum Gasteiger partial charge on any atom is -0.311 e. The van der Waals surface area contributed by atoms with Gasteiger partial charge in [0.05, 0.1) is 18.2 Å². The molecule has 0 aromatic heterocycles. The fourth-order valence-corrected chi connectivity index (χ4v) is 6.07. The Bertz CT molecular complexity index is 2380. The molecule has 0 bridgehead atoms. The Morgan fingerprint density at radius 3 is 1.37 bits per heavy atom. The average molecular weight is 652 g/mol. The summed E-state index contributed by atoms with van der Waals surface area (Å²) < 4.78 is 0. The molecule has 0 spiro atoms. The van der Waals surface area contributed by atoms with Crippen LogP contribution in [0.25, 0.3) is 51.4 Å². The van der Waals surface area contributed by atoms with Gasteiger partial charge in [-0.1, -0.05) is 152 Å². The second-order valence-electron chi connectivity index (χ2n) is 12.1. The molecule has 7 aromatic rings. The first-order valence-electron chi connectivity index (χ1n) is 16.8. The molecule has 0 heterocycles. The number of para-hydroxylation sites is 1. The number of hydrogen-bond acceptors (Lipinski definition) is 2. The van der Waals surface area contributed by atoms with Gasteiger partial charge in [-0.25, -0.2) is 4.85 Å². The van der Waals surface area contributed by atoms with Gasteiger partial charge in [-0.05, 0) is 93.0 Å². The molecule has 51 heavy (non-hydrogen) atoms. The van der Waals surface area contributed by atoms with Crippen LogP contribution in [0, 0.1) is 17.9 Å². The Balaban J connectivity index is 1.11. The van der Waals surface area contributed by atoms with Crippen molar-refractivity contribution in [3.8, 4) is 28.3 Å². The van der Waals surface area contributed by atoms with Crippen LogP contribution in [0.2, 0.25) is 0 Å². The van der Waals surface area contributed by atoms with Crippen LogP contribution in [0.4, 0.5) is 22.7 Å². The number of benzene rings is 7. The molecule has 7 aromatic carbocycles. The maximum atomic E-state index is 10.0. The molecule has 0 unspecified atom stereocenters. The third-order valence-corrected chi connectivity index (χ3v) is 8.77. The van der Waals surface area contributed by atoms with Crippen LogP contribution in [0.3, 0.4) is 0 Å². The minimum absolute atomic E-state index is 0.496. The number of nitrogens with zero attached hydrogens (tertiary/aromatic N) is 3. The zero-order valence-corrected chi connectivity index (χ0v) is 27.9. The molecule has 0 N–H and O–H groups in total. The third-order valence-electron chi connectivity index (χ3n) is 8.77. The van der Waals surface area contributed by atoms with E-state index in [1.165, 1.54) is 16.7 Å². The van der Waals surface area contributed by atoms with Crippen LogP contribution >= 0.6 is 0 Å². The summed E-state index contributed by atoms with van der Waals surface area (Å²) >= 11 is 0. The van der Waals surface area contributed by atoms with Crippen molar-refractivity contribution in [2.45, 2.75) is 0 Å². The molecule has 240 valence electrons. The van der Waals surface area contributed by atoms with Crippen LogP contribution in [-0.2, 0) is 0 Å². The van der Waals surface area contributed by atoms with Gasteiger partial charge in [-0.15, -0.1) is 0 Å². The van der Waals surface area contributed by atoms with Gasteiger partial charge in [0.1, 0.15) is 0 Å². The highest BCUT2D eigenvalue weighted by Crippen LogP contribution is 2.36. The van der Waals surface area contributed by atoms with Crippen LogP contribution in [0.5, 0.6) is 0 Å². The molecule has 0 saturated carbocycles. The summed E-state index contributed by atoms with van der Waals surface area (Å²) in [5, 5.41) is 10.0. The van der Waals surface area contributed by atoms with Gasteiger partial charge >= 0.3 is 0 Å². The standard InChI is InChI=1S/C48H33N3/c1-50-48-34-42(25-19-36-17-23-40(24-18-36)38-11-5-2-6-12-38)44(35-49)33-43(48)26-20-37-21-29-46(30-22-37)51(45-15-9-4-10-16-45)47-31-27-41(28-32-47)39-13-7-3-8-14-39/h2-34H/b25-19+,26-20+. The van der Waals surface area contributed by atoms with Gasteiger partial charge in [-0.3, -0.25) is 0 Å². The lowest BCUT2D eigenvalue weighted by Gasteiger charge is -2.25. The van der Waals surface area contributed by atoms with Gasteiger partial charge in [0.25, 0.3) is 0 Å². The van der Waals surface area contributed by atoms with E-state index in [0.29, 0.717) is 16.8 Å². The van der Waals surface area contributed by atoms with Crippen molar-refractivity contribution in [3.05, 3.63) is 215 Å². The minimum atomic E-state index is 0.496. The fourth-order valence-electron chi connectivity index (χ4n) is 6.07. The molecule has 0 aliphatic rings. The van der Waals surface area contributed by atoms with Crippen molar-refractivity contribution in [1.29, 1.82) is 5.26 Å². The molecular weight excluding hydrogens is 619 g/mol. The molecule has 0 aliphatic heterocycles. The fraction of sp³-hybridized carbons (Fsp3) is 0. The SMILES string of the molecule is [C-]#[N+]c1cc(/C=C/c2ccc(-c3ccccc3)cc2)c(C#N)cc1/C=C/c1ccc(N(c2ccccc2)c2ccc(-c3ccccc3)cc2)cc1. The molecule has 0 atom stereocenters. The Morgan fingerprint density at radius 1 is 0.451 bits per heavy atom. The zero-order valence-electron chi connectivity index (χ0n) is 27.9. The molecule has 0 aliphatic carbocycles. The summed E-state index contributed by atoms with van der Waals surface area (Å²) in [6.07, 6.45) is 7.79. The summed E-state index contributed by atoms with van der Waals surface area (Å²) in [5.41, 5.74) is 12.3. The molecule has 0 saturated heterocycles. The smallest absolute Gasteiger partial charge is 0.194 e. The van der Waals surface area contributed by atoms with E-state index in [9.17, 15) is 5.26 Å². The third kappa shape index (κ3) is 7.60. The molecule has 3 nitrogen and oxygen atoms in total. The first-order valence-corrected chi connectivity index (χ1v) is 16.8. The lowest BCUT2D eigenvalue weighted by atomic mass is 10.00. The van der Waals surface area contributed by atoms with E-state index < -0.39 is 0 Å². The van der Waals surface area contributed by atoms with E-state index in [1.807, 2.05) is 66.8 Å². The van der Waals surface area contributed by atoms with E-state index in [2.05, 4.69) is 137 Å². The summed E-state index contributed by atoms with van der Waals surface area (Å²) in [4.78, 5) is 6.04. The second-order valence-corrected chi connectivity index (χ2v) is 12.1. The Morgan fingerprint density at radius 2 is 0.863 bits per heavy atom. The largest absolute Gasteiger partial charge is 0.311 e. The van der Waals surface area contributed by atoms with E-state index in [1.54, 1.807) is 12.1 Å². The zero-order chi connectivity index (χ0) is 34.8. The summed E-state index contributed by atoms with van der Waals surface area (Å²) in [6, 6.07) is 62.2. The van der Waals surface area contributed by atoms with Crippen molar-refractivity contribution >= 4 is 47.1 Å². The quantitative estimate of drug-likeness (QED) is 0.115. The second kappa shape index (κ2) is 15.3. The number of anilines is 3. The predicted octanol–water partition coefficient (Wildman–Crippen LogP) is 13.3. The van der Waals surface area contributed by atoms with Gasteiger partial charge in [-0.2, -0.15) is 5.26 Å². The Labute approximate surface area is 299 Å². The van der Waals surface area contributed by atoms with Crippen LogP contribution in [-0.4, -0.2) is 0 Å². The Kier molecular flexibility index (Phi) is 9.74. The number of hydrogen-bond donors (Lipinski definition) is 0. The molecule has 0 radical (unpaired) electrons. The highest BCUT2D eigenvalue weighted by molar-refractivity contribution is 5.84. The molecule has 3 heteroatoms. The molecular formula is C48H33N3. The van der Waals surface area contributed by atoms with E-state index in [4.69, 9.17) is 6.57 Å². The van der Waals surface area contributed by atoms with Crippen molar-refractivity contribution in [2.75, 3.05) is 4.90 Å². The molecule has 7 rings (SSSR count). The number of nitriles is 1. The van der Waals surface area contributed by atoms with Crippen LogP contribution in [0.15, 0.2) is 176 Å². The lowest BCUT2D eigenvalue weighted by Crippen LogP contribution is -2.09. The van der Waals surface area contributed by atoms with E-state index >= 15 is 0 Å². The maximum Gasteiger partial charge on any atom is 0.194 e. The molecule has 0 fully saturated rings. The predicted molar refractivity (Wildman–Crippen MR) is 214 cm³/mol. The first-order chi connectivity index (χ1) is 25.2. The van der Waals surface area contributed by atoms with Crippen molar-refractivity contribution < 1.29 is 0 Å². The van der Waals surface area contributed by atoms with Gasteiger partial charge in [0.2, 0.25) is 0 Å². The van der Waals surface area contributed by atoms with Gasteiger partial charge in [0, 0.05) is 17.1 Å². The highest BCUT2D eigenvalue weighted by atomic mass is 15.1. The number of rotatable bonds is 9. The highest BCUT2D eigenvalue weighted by Gasteiger charge is 2.13. The van der Waals surface area contributed by atoms with Crippen molar-refractivity contribution in [2.24, 2.45) is 0 Å². The summed E-state index contributed by atoms with van der Waals surface area (Å²) in [6.45, 7) is 7.87. The summed E-state index contributed by atoms with van der Waals surface area (Å²) in [7, 11) is 0. The van der Waals surface area contributed by atoms with Crippen LogP contribution in [0.1, 0.15) is 27.8 Å². The average Bonchev–Trinajstić information content (AvgIpc) is 3.21. The van der Waals surface area contributed by atoms with E-state index in [0.717, 1.165) is 39.3 Å². The van der Waals surface area contributed by atoms with Gasteiger partial charge < -0.3 is 4.90 Å². The van der Waals surface area contributed by atoms with Gasteiger partial charge in [0.15, 0.2) is 5.69 Å². The summed E-state index contributed by atoms with van der Waals surface area (Å²) in [5.74, 6) is 0. The normalized spacial score (nSPS) is 10.9. The topological polar surface area (TPSA) is 31.4 Å². The van der Waals surface area contributed by atoms with Crippen LogP contribution < -0.4 is 4.90 Å². The lowest BCUT2D eigenvalue weighted by molar-refractivity contribution is 1.28. The monoisotopic (exact) mass is 651 g/mol. The van der Waals surface area contributed by atoms with Crippen molar-refractivity contribution in [1.82, 2.24) is 0 Å². The van der Waals surface area contributed by atoms with Crippen molar-refractivity contribution in [3.63, 3.8) is 0 Å².